The van der Waals surface area contributed by atoms with Gasteiger partial charge in [-0.3, -0.25) is 4.52 Å². The van der Waals surface area contributed by atoms with Crippen molar-refractivity contribution in [2.24, 2.45) is 5.73 Å². The zero-order valence-corrected chi connectivity index (χ0v) is 17.3. The molecule has 0 aliphatic carbocycles. The lowest BCUT2D eigenvalue weighted by Crippen LogP contribution is -2.44. The van der Waals surface area contributed by atoms with E-state index < -0.39 is 54.6 Å². The first-order valence-corrected chi connectivity index (χ1v) is 12.0. The van der Waals surface area contributed by atoms with E-state index in [-0.39, 0.29) is 12.5 Å². The zero-order valence-electron chi connectivity index (χ0n) is 14.6. The first-order valence-electron chi connectivity index (χ1n) is 7.46. The number of phosphoric ester groups is 1. The van der Waals surface area contributed by atoms with E-state index in [1.165, 1.54) is 11.1 Å². The number of aliphatic hydroxyl groups excluding tert-OH is 2. The van der Waals surface area contributed by atoms with E-state index in [9.17, 15) is 28.8 Å². The van der Waals surface area contributed by atoms with Crippen LogP contribution in [0.5, 0.6) is 0 Å². The summed E-state index contributed by atoms with van der Waals surface area (Å²) >= 11 is 0. The molecule has 170 valence electrons. The summed E-state index contributed by atoms with van der Waals surface area (Å²) in [5.41, 5.74) is 5.31. The Hall–Kier alpha value is -0.670. The summed E-state index contributed by atoms with van der Waals surface area (Å²) < 4.78 is 50.3. The average molecular weight is 485 g/mol. The van der Waals surface area contributed by atoms with Gasteiger partial charge in [-0.25, -0.2) is 13.7 Å². The molecular formula is C10H22N3O13P3. The van der Waals surface area contributed by atoms with E-state index in [1.807, 2.05) is 0 Å². The molecule has 6 unspecified atom stereocenters. The highest BCUT2D eigenvalue weighted by Gasteiger charge is 2.47. The lowest BCUT2D eigenvalue weighted by Gasteiger charge is -2.30. The highest BCUT2D eigenvalue weighted by Crippen LogP contribution is 2.66. The number of phosphoric acid groups is 3. The van der Waals surface area contributed by atoms with Gasteiger partial charge >= 0.3 is 23.5 Å². The van der Waals surface area contributed by atoms with Gasteiger partial charge in [0.25, 0.3) is 0 Å². The van der Waals surface area contributed by atoms with Crippen LogP contribution in [0.1, 0.15) is 0 Å². The summed E-state index contributed by atoms with van der Waals surface area (Å²) in [5, 5.41) is 22.8. The van der Waals surface area contributed by atoms with Gasteiger partial charge in [-0.1, -0.05) is 13.2 Å². The molecule has 16 nitrogen and oxygen atoms in total. The Balaban J connectivity index is 2.77. The predicted octanol–water partition coefficient (Wildman–Crippen LogP) is -1.80. The van der Waals surface area contributed by atoms with Gasteiger partial charge in [-0.15, -0.1) is 0 Å². The normalized spacial score (nSPS) is 28.9. The SMILES string of the molecule is C=CN(C(=C)NCN)C1OC(COP(=O)(O)OP(=O)(O)OP(=O)(O)O)C(O)C1O. The van der Waals surface area contributed by atoms with Gasteiger partial charge in [0, 0.05) is 6.20 Å². The third-order valence-corrected chi connectivity index (χ3v) is 7.05. The van der Waals surface area contributed by atoms with Crippen molar-refractivity contribution in [2.75, 3.05) is 13.3 Å². The Bertz CT molecular complexity index is 744. The quantitative estimate of drug-likeness (QED) is 0.112. The molecule has 1 saturated heterocycles. The molecule has 0 aromatic carbocycles. The molecule has 0 aromatic heterocycles. The summed E-state index contributed by atoms with van der Waals surface area (Å²) in [6.45, 7) is 6.14. The molecule has 6 atom stereocenters. The van der Waals surface area contributed by atoms with Crippen LogP contribution >= 0.6 is 23.5 Å². The number of nitrogens with zero attached hydrogens (tertiary/aromatic N) is 1. The molecule has 1 rings (SSSR count). The molecule has 0 aromatic rings. The van der Waals surface area contributed by atoms with Gasteiger partial charge in [-0.2, -0.15) is 8.62 Å². The predicted molar refractivity (Wildman–Crippen MR) is 93.9 cm³/mol. The number of hydrogen-bond acceptors (Lipinski definition) is 12. The minimum absolute atomic E-state index is 0.0238. The first kappa shape index (κ1) is 26.4. The molecule has 0 amide bonds. The summed E-state index contributed by atoms with van der Waals surface area (Å²) in [7, 11) is -16.6. The van der Waals surface area contributed by atoms with Crippen LogP contribution in [0.25, 0.3) is 0 Å². The molecule has 29 heavy (non-hydrogen) atoms. The van der Waals surface area contributed by atoms with Crippen molar-refractivity contribution in [3.05, 3.63) is 25.2 Å². The van der Waals surface area contributed by atoms with Crippen LogP contribution < -0.4 is 11.1 Å². The van der Waals surface area contributed by atoms with Gasteiger partial charge in [-0.05, 0) is 0 Å². The van der Waals surface area contributed by atoms with E-state index in [1.54, 1.807) is 0 Å². The van der Waals surface area contributed by atoms with E-state index in [2.05, 4.69) is 31.6 Å². The van der Waals surface area contributed by atoms with E-state index in [0.717, 1.165) is 0 Å². The zero-order chi connectivity index (χ0) is 22.6. The van der Waals surface area contributed by atoms with E-state index >= 15 is 0 Å². The average Bonchev–Trinajstić information content (AvgIpc) is 2.79. The maximum atomic E-state index is 11.7. The highest BCUT2D eigenvalue weighted by atomic mass is 31.3. The number of nitrogens with two attached hydrogens (primary N) is 1. The number of ether oxygens (including phenoxy) is 1. The molecule has 19 heteroatoms. The molecule has 1 heterocycles. The summed E-state index contributed by atoms with van der Waals surface area (Å²) in [4.78, 5) is 36.6. The Kier molecular flexibility index (Phi) is 9.17. The Morgan fingerprint density at radius 1 is 1.14 bits per heavy atom. The molecule has 0 radical (unpaired) electrons. The van der Waals surface area contributed by atoms with Crippen molar-refractivity contribution in [3.8, 4) is 0 Å². The van der Waals surface area contributed by atoms with Crippen LogP contribution in [-0.4, -0.2) is 72.5 Å². The largest absolute Gasteiger partial charge is 0.490 e. The van der Waals surface area contributed by atoms with Gasteiger partial charge in [0.1, 0.15) is 24.1 Å². The second-order valence-electron chi connectivity index (χ2n) is 5.35. The topological polar surface area (TPSA) is 251 Å². The maximum Gasteiger partial charge on any atom is 0.490 e. The van der Waals surface area contributed by atoms with Crippen LogP contribution in [0.2, 0.25) is 0 Å². The Morgan fingerprint density at radius 3 is 2.21 bits per heavy atom. The number of nitrogens with one attached hydrogen (secondary N) is 1. The number of hydrogen-bond donors (Lipinski definition) is 8. The van der Waals surface area contributed by atoms with Gasteiger partial charge in [0.15, 0.2) is 6.23 Å². The Labute approximate surface area is 164 Å². The third-order valence-electron chi connectivity index (χ3n) is 3.24. The van der Waals surface area contributed by atoms with Crippen LogP contribution in [0.3, 0.4) is 0 Å². The van der Waals surface area contributed by atoms with Crippen molar-refractivity contribution in [2.45, 2.75) is 24.5 Å². The summed E-state index contributed by atoms with van der Waals surface area (Å²) in [6, 6.07) is 0. The van der Waals surface area contributed by atoms with Crippen molar-refractivity contribution >= 4 is 23.5 Å². The lowest BCUT2D eigenvalue weighted by molar-refractivity contribution is -0.0696. The molecule has 0 spiro atoms. The molecule has 9 N–H and O–H groups in total. The third kappa shape index (κ3) is 8.17. The monoisotopic (exact) mass is 485 g/mol. The molecule has 1 fully saturated rings. The standard InChI is InChI=1S/C10H22N3O13P3/c1-3-13(6(2)12-5-11)10-9(15)8(14)7(24-10)4-23-28(19,20)26-29(21,22)25-27(16,17)18/h3,7-10,12,14-15H,1-2,4-5,11H2,(H,19,20)(H,21,22)(H2,16,17,18). The fraction of sp³-hybridized carbons (Fsp3) is 0.600. The number of rotatable bonds is 12. The Morgan fingerprint density at radius 2 is 1.72 bits per heavy atom. The smallest absolute Gasteiger partial charge is 0.387 e. The second-order valence-corrected chi connectivity index (χ2v) is 9.77. The van der Waals surface area contributed by atoms with Crippen LogP contribution in [-0.2, 0) is 31.6 Å². The van der Waals surface area contributed by atoms with Crippen LogP contribution in [0.15, 0.2) is 25.2 Å². The first-order chi connectivity index (χ1) is 13.1. The van der Waals surface area contributed by atoms with E-state index in [4.69, 9.17) is 25.2 Å². The molecule has 1 aliphatic heterocycles. The fourth-order valence-electron chi connectivity index (χ4n) is 2.14. The van der Waals surface area contributed by atoms with Gasteiger partial charge in [0.05, 0.1) is 13.3 Å². The number of aliphatic hydroxyl groups is 2. The minimum atomic E-state index is -5.68. The van der Waals surface area contributed by atoms with Crippen molar-refractivity contribution < 1.29 is 61.4 Å². The van der Waals surface area contributed by atoms with Gasteiger partial charge in [0.2, 0.25) is 0 Å². The maximum absolute atomic E-state index is 11.7. The highest BCUT2D eigenvalue weighted by molar-refractivity contribution is 7.66. The van der Waals surface area contributed by atoms with Crippen LogP contribution in [0, 0.1) is 0 Å². The molecule has 1 aliphatic rings. The second kappa shape index (κ2) is 10.1. The molecule has 0 saturated carbocycles. The lowest BCUT2D eigenvalue weighted by atomic mass is 10.1. The summed E-state index contributed by atoms with van der Waals surface area (Å²) in [6.07, 6.45) is -4.73. The minimum Gasteiger partial charge on any atom is -0.387 e. The summed E-state index contributed by atoms with van der Waals surface area (Å²) in [5.74, 6) is 0.146. The van der Waals surface area contributed by atoms with E-state index in [0.29, 0.717) is 0 Å². The van der Waals surface area contributed by atoms with Crippen LogP contribution in [0.4, 0.5) is 0 Å². The van der Waals surface area contributed by atoms with Crippen molar-refractivity contribution in [3.63, 3.8) is 0 Å². The molecule has 0 bridgehead atoms. The molecular weight excluding hydrogens is 463 g/mol. The fourth-order valence-corrected chi connectivity index (χ4v) is 5.17. The van der Waals surface area contributed by atoms with Crippen molar-refractivity contribution in [1.82, 2.24) is 10.2 Å². The van der Waals surface area contributed by atoms with Gasteiger partial charge < -0.3 is 50.5 Å². The van der Waals surface area contributed by atoms with Crippen molar-refractivity contribution in [1.29, 1.82) is 0 Å².